The maximum Gasteiger partial charge on any atom is 0.337 e. The molecule has 0 aliphatic heterocycles. The average Bonchev–Trinajstić information content (AvgIpc) is 3.23. The van der Waals surface area contributed by atoms with E-state index < -0.39 is 21.9 Å². The van der Waals surface area contributed by atoms with E-state index in [9.17, 15) is 18.0 Å². The molecule has 0 radical (unpaired) electrons. The van der Waals surface area contributed by atoms with Gasteiger partial charge in [-0.15, -0.1) is 0 Å². The maximum absolute atomic E-state index is 11.9. The highest BCUT2D eigenvalue weighted by atomic mass is 32.2. The lowest BCUT2D eigenvalue weighted by Crippen LogP contribution is -2.37. The molecule has 2 rings (SSSR count). The zero-order valence-corrected chi connectivity index (χ0v) is 12.3. The van der Waals surface area contributed by atoms with Crippen LogP contribution in [0.2, 0.25) is 0 Å². The third kappa shape index (κ3) is 3.59. The Hall–Kier alpha value is -1.93. The number of likely N-dealkylation sites (N-methyl/N-ethyl adjacent to an activating group) is 1. The number of carbonyl (C=O) groups is 2. The van der Waals surface area contributed by atoms with Crippen LogP contribution in [0, 0.1) is 0 Å². The summed E-state index contributed by atoms with van der Waals surface area (Å²) in [5, 5.41) is 11.1. The number of carbonyl (C=O) groups excluding carboxylic acids is 1. The minimum atomic E-state index is -3.42. The molecule has 0 atom stereocenters. The van der Waals surface area contributed by atoms with Gasteiger partial charge in [-0.2, -0.15) is 4.31 Å². The number of hydrogen-bond acceptors (Lipinski definition) is 4. The number of sulfonamides is 1. The van der Waals surface area contributed by atoms with Crippen molar-refractivity contribution in [2.45, 2.75) is 18.1 Å². The molecule has 1 aromatic carbocycles. The molecule has 114 valence electrons. The van der Waals surface area contributed by atoms with Crippen molar-refractivity contribution >= 4 is 27.6 Å². The van der Waals surface area contributed by atoms with Crippen LogP contribution in [0.4, 0.5) is 5.69 Å². The van der Waals surface area contributed by atoms with Crippen molar-refractivity contribution in [3.05, 3.63) is 29.8 Å². The van der Waals surface area contributed by atoms with E-state index in [1.807, 2.05) is 0 Å². The fourth-order valence-corrected chi connectivity index (χ4v) is 3.42. The number of aromatic carboxylic acids is 1. The molecular weight excluding hydrogens is 296 g/mol. The monoisotopic (exact) mass is 312 g/mol. The molecule has 1 aromatic rings. The molecule has 8 heteroatoms. The van der Waals surface area contributed by atoms with Gasteiger partial charge in [0.25, 0.3) is 0 Å². The van der Waals surface area contributed by atoms with Crippen LogP contribution in [0.1, 0.15) is 23.2 Å². The SMILES string of the molecule is CN(CC(=O)Nc1ccccc1C(=O)O)S(=O)(=O)C1CC1. The molecule has 2 N–H and O–H groups in total. The van der Waals surface area contributed by atoms with Gasteiger partial charge in [0.1, 0.15) is 0 Å². The molecule has 1 aliphatic rings. The van der Waals surface area contributed by atoms with Crippen LogP contribution in [0.25, 0.3) is 0 Å². The fourth-order valence-electron chi connectivity index (χ4n) is 1.88. The number of carboxylic acid groups (broad SMARTS) is 1. The molecule has 7 nitrogen and oxygen atoms in total. The summed E-state index contributed by atoms with van der Waals surface area (Å²) < 4.78 is 24.8. The third-order valence-corrected chi connectivity index (χ3v) is 5.49. The molecule has 21 heavy (non-hydrogen) atoms. The van der Waals surface area contributed by atoms with Crippen molar-refractivity contribution in [3.63, 3.8) is 0 Å². The van der Waals surface area contributed by atoms with Crippen LogP contribution in [0.3, 0.4) is 0 Å². The van der Waals surface area contributed by atoms with Gasteiger partial charge in [0.2, 0.25) is 15.9 Å². The van der Waals surface area contributed by atoms with E-state index in [2.05, 4.69) is 5.32 Å². The van der Waals surface area contributed by atoms with Crippen LogP contribution < -0.4 is 5.32 Å². The Bertz CT molecular complexity index is 667. The second kappa shape index (κ2) is 5.82. The van der Waals surface area contributed by atoms with E-state index in [1.54, 1.807) is 12.1 Å². The molecule has 0 unspecified atom stereocenters. The summed E-state index contributed by atoms with van der Waals surface area (Å²) in [6.45, 7) is -0.340. The summed E-state index contributed by atoms with van der Waals surface area (Å²) in [7, 11) is -2.08. The van der Waals surface area contributed by atoms with E-state index in [1.165, 1.54) is 19.2 Å². The number of nitrogens with zero attached hydrogens (tertiary/aromatic N) is 1. The first-order valence-corrected chi connectivity index (χ1v) is 7.90. The molecule has 1 fully saturated rings. The molecule has 1 aliphatic carbocycles. The van der Waals surface area contributed by atoms with Crippen molar-refractivity contribution in [2.24, 2.45) is 0 Å². The summed E-state index contributed by atoms with van der Waals surface area (Å²) in [5.41, 5.74) is 0.103. The predicted molar refractivity (Wildman–Crippen MR) is 76.6 cm³/mol. The van der Waals surface area contributed by atoms with Gasteiger partial charge in [-0.3, -0.25) is 4.79 Å². The number of para-hydroxylation sites is 1. The van der Waals surface area contributed by atoms with Gasteiger partial charge < -0.3 is 10.4 Å². The van der Waals surface area contributed by atoms with Crippen LogP contribution in [-0.4, -0.2) is 48.5 Å². The molecule has 1 saturated carbocycles. The van der Waals surface area contributed by atoms with Crippen molar-refractivity contribution in [3.8, 4) is 0 Å². The predicted octanol–water partition coefficient (Wildman–Crippen LogP) is 0.747. The molecular formula is C13H16N2O5S. The molecule has 0 heterocycles. The zero-order valence-electron chi connectivity index (χ0n) is 11.4. The fraction of sp³-hybridized carbons (Fsp3) is 0.385. The van der Waals surface area contributed by atoms with Crippen LogP contribution >= 0.6 is 0 Å². The Kier molecular flexibility index (Phi) is 4.29. The molecule has 0 saturated heterocycles. The second-order valence-corrected chi connectivity index (χ2v) is 7.22. The molecule has 0 bridgehead atoms. The summed E-state index contributed by atoms with van der Waals surface area (Å²) in [4.78, 5) is 22.9. The van der Waals surface area contributed by atoms with Crippen molar-refractivity contribution < 1.29 is 23.1 Å². The standard InChI is InChI=1S/C13H16N2O5S/c1-15(21(19,20)9-6-7-9)8-12(16)14-11-5-3-2-4-10(11)13(17)18/h2-5,9H,6-8H2,1H3,(H,14,16)(H,17,18). The number of hydrogen-bond donors (Lipinski definition) is 2. The lowest BCUT2D eigenvalue weighted by Gasteiger charge is -2.16. The average molecular weight is 312 g/mol. The Morgan fingerprint density at radius 3 is 2.52 bits per heavy atom. The maximum atomic E-state index is 11.9. The summed E-state index contributed by atoms with van der Waals surface area (Å²) >= 11 is 0. The number of benzene rings is 1. The Morgan fingerprint density at radius 1 is 1.33 bits per heavy atom. The summed E-state index contributed by atoms with van der Waals surface area (Å²) in [6.07, 6.45) is 1.24. The van der Waals surface area contributed by atoms with Gasteiger partial charge in [-0.1, -0.05) is 12.1 Å². The zero-order chi connectivity index (χ0) is 15.6. The topological polar surface area (TPSA) is 104 Å². The highest BCUT2D eigenvalue weighted by molar-refractivity contribution is 7.90. The van der Waals surface area contributed by atoms with Gasteiger partial charge in [-0.05, 0) is 25.0 Å². The van der Waals surface area contributed by atoms with Crippen molar-refractivity contribution in [1.82, 2.24) is 4.31 Å². The van der Waals surface area contributed by atoms with E-state index in [4.69, 9.17) is 5.11 Å². The molecule has 0 aromatic heterocycles. The summed E-state index contributed by atoms with van der Waals surface area (Å²) in [6, 6.07) is 5.95. The normalized spacial score (nSPS) is 15.0. The number of carboxylic acids is 1. The Balaban J connectivity index is 2.04. The number of nitrogens with one attached hydrogen (secondary N) is 1. The largest absolute Gasteiger partial charge is 0.478 e. The van der Waals surface area contributed by atoms with Crippen LogP contribution in [0.5, 0.6) is 0 Å². The van der Waals surface area contributed by atoms with Crippen LogP contribution in [-0.2, 0) is 14.8 Å². The van der Waals surface area contributed by atoms with E-state index in [0.29, 0.717) is 12.8 Å². The van der Waals surface area contributed by atoms with Gasteiger partial charge in [0.05, 0.1) is 23.0 Å². The Morgan fingerprint density at radius 2 is 1.95 bits per heavy atom. The first-order valence-electron chi connectivity index (χ1n) is 6.39. The highest BCUT2D eigenvalue weighted by Crippen LogP contribution is 2.30. The second-order valence-electron chi connectivity index (χ2n) is 4.90. The number of rotatable bonds is 6. The summed E-state index contributed by atoms with van der Waals surface area (Å²) in [5.74, 6) is -1.74. The number of anilines is 1. The van der Waals surface area contributed by atoms with E-state index in [-0.39, 0.29) is 23.0 Å². The Labute approximate surface area is 122 Å². The van der Waals surface area contributed by atoms with Gasteiger partial charge in [0.15, 0.2) is 0 Å². The first-order chi connectivity index (χ1) is 9.82. The van der Waals surface area contributed by atoms with E-state index in [0.717, 1.165) is 4.31 Å². The minimum Gasteiger partial charge on any atom is -0.478 e. The quantitative estimate of drug-likeness (QED) is 0.806. The number of amides is 1. The van der Waals surface area contributed by atoms with Gasteiger partial charge >= 0.3 is 5.97 Å². The molecule has 1 amide bonds. The lowest BCUT2D eigenvalue weighted by molar-refractivity contribution is -0.116. The van der Waals surface area contributed by atoms with E-state index >= 15 is 0 Å². The highest BCUT2D eigenvalue weighted by Gasteiger charge is 2.39. The minimum absolute atomic E-state index is 0.0430. The van der Waals surface area contributed by atoms with Crippen molar-refractivity contribution in [1.29, 1.82) is 0 Å². The van der Waals surface area contributed by atoms with Crippen molar-refractivity contribution in [2.75, 3.05) is 18.9 Å². The van der Waals surface area contributed by atoms with Crippen LogP contribution in [0.15, 0.2) is 24.3 Å². The lowest BCUT2D eigenvalue weighted by atomic mass is 10.2. The van der Waals surface area contributed by atoms with Gasteiger partial charge in [0, 0.05) is 7.05 Å². The first kappa shape index (κ1) is 15.5. The smallest absolute Gasteiger partial charge is 0.337 e. The molecule has 0 spiro atoms. The van der Waals surface area contributed by atoms with Gasteiger partial charge in [-0.25, -0.2) is 13.2 Å². The third-order valence-electron chi connectivity index (χ3n) is 3.18.